The fraction of sp³-hybridized carbons (Fsp3) is 0.226. The third kappa shape index (κ3) is 8.12. The van der Waals surface area contributed by atoms with Crippen LogP contribution in [0.25, 0.3) is 11.4 Å². The van der Waals surface area contributed by atoms with Gasteiger partial charge in [0.1, 0.15) is 23.1 Å². The second-order valence-corrected chi connectivity index (χ2v) is 10.4. The van der Waals surface area contributed by atoms with Gasteiger partial charge < -0.3 is 35.7 Å². The van der Waals surface area contributed by atoms with Crippen molar-refractivity contribution >= 4 is 29.4 Å². The highest BCUT2D eigenvalue weighted by atomic mass is 19.1. The zero-order valence-electron chi connectivity index (χ0n) is 24.3. The summed E-state index contributed by atoms with van der Waals surface area (Å²) in [5, 5.41) is 16.6. The molecular formula is C31H31F2N7O5. The number of ether oxygens (including phenoxy) is 1. The molecule has 4 aromatic rings. The van der Waals surface area contributed by atoms with E-state index in [2.05, 4.69) is 30.8 Å². The second kappa shape index (κ2) is 13.9. The van der Waals surface area contributed by atoms with Crippen LogP contribution >= 0.6 is 0 Å². The number of carbonyl (C=O) groups is 3. The van der Waals surface area contributed by atoms with Crippen molar-refractivity contribution in [1.29, 1.82) is 0 Å². The minimum Gasteiger partial charge on any atom is -0.465 e. The minimum absolute atomic E-state index is 0.0266. The third-order valence-electron chi connectivity index (χ3n) is 7.10. The number of carboxylic acid groups (broad SMARTS) is 1. The molecule has 234 valence electrons. The molecule has 1 aliphatic heterocycles. The Labute approximate surface area is 257 Å². The molecule has 0 spiro atoms. The summed E-state index contributed by atoms with van der Waals surface area (Å²) >= 11 is 0. The van der Waals surface area contributed by atoms with Gasteiger partial charge in [0.05, 0.1) is 28.3 Å². The van der Waals surface area contributed by atoms with Crippen LogP contribution < -0.4 is 20.7 Å². The smallest absolute Gasteiger partial charge is 0.407 e. The van der Waals surface area contributed by atoms with Crippen molar-refractivity contribution in [3.8, 4) is 22.9 Å². The van der Waals surface area contributed by atoms with Crippen LogP contribution in [0.2, 0.25) is 0 Å². The number of aromatic nitrogens is 2. The van der Waals surface area contributed by atoms with Crippen LogP contribution in [0, 0.1) is 18.6 Å². The molecule has 0 aliphatic carbocycles. The van der Waals surface area contributed by atoms with Crippen LogP contribution in [0.3, 0.4) is 0 Å². The van der Waals surface area contributed by atoms with Crippen LogP contribution in [-0.2, 0) is 0 Å². The Morgan fingerprint density at radius 3 is 2.44 bits per heavy atom. The number of pyridine rings is 1. The number of urea groups is 1. The fourth-order valence-corrected chi connectivity index (χ4v) is 4.70. The van der Waals surface area contributed by atoms with E-state index in [0.29, 0.717) is 62.0 Å². The fourth-order valence-electron chi connectivity index (χ4n) is 4.70. The molecule has 1 aliphatic rings. The lowest BCUT2D eigenvalue weighted by Gasteiger charge is -2.32. The van der Waals surface area contributed by atoms with Gasteiger partial charge in [0.15, 0.2) is 0 Å². The molecule has 45 heavy (non-hydrogen) atoms. The monoisotopic (exact) mass is 619 g/mol. The number of nitrogens with zero attached hydrogens (tertiary/aromatic N) is 3. The summed E-state index contributed by atoms with van der Waals surface area (Å²) in [6.45, 7) is 4.87. The standard InChI is InChI=1S/C31H31F2N7O5/c1-19-2-4-23(32)26(14-19)38-30(42)37-25-5-3-21(16-24(25)33)45-22-6-7-34-28(17-22)27-15-20(18-36-27)29(41)35-8-9-39-10-12-40(13-11-39)31(43)44/h2-7,14-18,36H,8-13H2,1H3,(H,35,41)(H,43,44)(H2,37,38,42). The second-order valence-electron chi connectivity index (χ2n) is 10.4. The number of aromatic amines is 1. The van der Waals surface area contributed by atoms with Crippen LogP contribution in [0.1, 0.15) is 15.9 Å². The van der Waals surface area contributed by atoms with Gasteiger partial charge in [-0.15, -0.1) is 0 Å². The summed E-state index contributed by atoms with van der Waals surface area (Å²) in [6, 6.07) is 12.2. The lowest BCUT2D eigenvalue weighted by molar-refractivity contribution is 0.0930. The van der Waals surface area contributed by atoms with E-state index in [-0.39, 0.29) is 23.0 Å². The number of piperazine rings is 1. The van der Waals surface area contributed by atoms with Crippen molar-refractivity contribution in [3.63, 3.8) is 0 Å². The summed E-state index contributed by atoms with van der Waals surface area (Å²) in [5.74, 6) is -1.12. The predicted octanol–water partition coefficient (Wildman–Crippen LogP) is 5.13. The number of halogens is 2. The number of rotatable bonds is 9. The SMILES string of the molecule is Cc1ccc(F)c(NC(=O)Nc2ccc(Oc3ccnc(-c4cc(C(=O)NCCN5CCN(C(=O)O)CC5)c[nH]4)c3)cc2F)c1. The summed E-state index contributed by atoms with van der Waals surface area (Å²) in [7, 11) is 0. The van der Waals surface area contributed by atoms with E-state index in [1.807, 2.05) is 0 Å². The maximum absolute atomic E-state index is 14.8. The highest BCUT2D eigenvalue weighted by molar-refractivity contribution is 6.00. The third-order valence-corrected chi connectivity index (χ3v) is 7.10. The van der Waals surface area contributed by atoms with Gasteiger partial charge in [0, 0.05) is 63.8 Å². The molecule has 2 aromatic carbocycles. The Morgan fingerprint density at radius 1 is 0.933 bits per heavy atom. The number of nitrogens with one attached hydrogen (secondary N) is 4. The molecule has 12 nitrogen and oxygen atoms in total. The van der Waals surface area contributed by atoms with E-state index in [1.54, 1.807) is 37.4 Å². The first-order valence-corrected chi connectivity index (χ1v) is 14.1. The van der Waals surface area contributed by atoms with E-state index in [4.69, 9.17) is 9.84 Å². The Morgan fingerprint density at radius 2 is 1.69 bits per heavy atom. The summed E-state index contributed by atoms with van der Waals surface area (Å²) in [5.41, 5.74) is 2.06. The summed E-state index contributed by atoms with van der Waals surface area (Å²) in [4.78, 5) is 46.8. The molecule has 0 saturated carbocycles. The number of aryl methyl sites for hydroxylation is 1. The van der Waals surface area contributed by atoms with Crippen LogP contribution in [0.5, 0.6) is 11.5 Å². The molecule has 0 atom stereocenters. The van der Waals surface area contributed by atoms with Gasteiger partial charge in [0.2, 0.25) is 0 Å². The average Bonchev–Trinajstić information content (AvgIpc) is 3.52. The van der Waals surface area contributed by atoms with Gasteiger partial charge in [-0.1, -0.05) is 6.07 Å². The quantitative estimate of drug-likeness (QED) is 0.174. The van der Waals surface area contributed by atoms with Crippen molar-refractivity contribution in [2.75, 3.05) is 49.9 Å². The minimum atomic E-state index is -0.921. The van der Waals surface area contributed by atoms with Crippen molar-refractivity contribution < 1.29 is 33.0 Å². The zero-order chi connectivity index (χ0) is 31.9. The molecule has 2 aromatic heterocycles. The van der Waals surface area contributed by atoms with Gasteiger partial charge in [-0.25, -0.2) is 18.4 Å². The molecule has 0 radical (unpaired) electrons. The lowest BCUT2D eigenvalue weighted by atomic mass is 10.2. The first kappa shape index (κ1) is 30.9. The van der Waals surface area contributed by atoms with Crippen molar-refractivity contribution in [2.24, 2.45) is 0 Å². The molecule has 1 saturated heterocycles. The molecule has 5 rings (SSSR count). The summed E-state index contributed by atoms with van der Waals surface area (Å²) < 4.78 is 34.5. The number of H-pyrrole nitrogens is 1. The average molecular weight is 620 g/mol. The molecule has 4 amide bonds. The number of hydrogen-bond acceptors (Lipinski definition) is 6. The Kier molecular flexibility index (Phi) is 9.53. The van der Waals surface area contributed by atoms with Crippen LogP contribution in [-0.4, -0.2) is 82.2 Å². The number of amides is 4. The van der Waals surface area contributed by atoms with E-state index in [9.17, 15) is 23.2 Å². The maximum atomic E-state index is 14.8. The topological polar surface area (TPSA) is 152 Å². The molecule has 5 N–H and O–H groups in total. The Bertz CT molecular complexity index is 1710. The number of hydrogen-bond donors (Lipinski definition) is 5. The molecule has 0 bridgehead atoms. The van der Waals surface area contributed by atoms with Gasteiger partial charge in [-0.05, 0) is 48.9 Å². The van der Waals surface area contributed by atoms with Crippen molar-refractivity contribution in [2.45, 2.75) is 6.92 Å². The summed E-state index contributed by atoms with van der Waals surface area (Å²) in [6.07, 6.45) is 2.16. The normalized spacial score (nSPS) is 13.3. The Balaban J connectivity index is 1.14. The number of anilines is 2. The van der Waals surface area contributed by atoms with Gasteiger partial charge in [-0.2, -0.15) is 0 Å². The van der Waals surface area contributed by atoms with Crippen LogP contribution in [0.4, 0.5) is 29.7 Å². The van der Waals surface area contributed by atoms with Crippen molar-refractivity contribution in [3.05, 3.63) is 89.8 Å². The Hall–Kier alpha value is -5.50. The maximum Gasteiger partial charge on any atom is 0.407 e. The molecule has 14 heteroatoms. The van der Waals surface area contributed by atoms with Crippen LogP contribution in [0.15, 0.2) is 67.0 Å². The van der Waals surface area contributed by atoms with E-state index < -0.39 is 23.8 Å². The molecule has 1 fully saturated rings. The van der Waals surface area contributed by atoms with E-state index >= 15 is 0 Å². The first-order chi connectivity index (χ1) is 21.6. The van der Waals surface area contributed by atoms with Gasteiger partial charge in [0.25, 0.3) is 5.91 Å². The largest absolute Gasteiger partial charge is 0.465 e. The number of benzene rings is 2. The predicted molar refractivity (Wildman–Crippen MR) is 163 cm³/mol. The van der Waals surface area contributed by atoms with E-state index in [1.165, 1.54) is 35.4 Å². The zero-order valence-corrected chi connectivity index (χ0v) is 24.3. The van der Waals surface area contributed by atoms with E-state index in [0.717, 1.165) is 11.6 Å². The molecule has 3 heterocycles. The first-order valence-electron chi connectivity index (χ1n) is 14.1. The molecular weight excluding hydrogens is 588 g/mol. The lowest BCUT2D eigenvalue weighted by Crippen LogP contribution is -2.49. The van der Waals surface area contributed by atoms with Gasteiger partial charge in [-0.3, -0.25) is 14.7 Å². The highest BCUT2D eigenvalue weighted by Crippen LogP contribution is 2.28. The van der Waals surface area contributed by atoms with Crippen molar-refractivity contribution in [1.82, 2.24) is 25.1 Å². The van der Waals surface area contributed by atoms with Gasteiger partial charge >= 0.3 is 12.1 Å². The number of carbonyl (C=O) groups excluding carboxylic acids is 2. The molecule has 0 unspecified atom stereocenters. The highest BCUT2D eigenvalue weighted by Gasteiger charge is 2.20.